The SMILES string of the molecule is COCCN1C[C@@H](NC(=O)OC(C)(C)C)[C@H](c2cccc(F)c2)C1. The summed E-state index contributed by atoms with van der Waals surface area (Å²) in [6.07, 6.45) is -0.442. The zero-order chi connectivity index (χ0) is 17.7. The largest absolute Gasteiger partial charge is 0.444 e. The molecule has 0 unspecified atom stereocenters. The Morgan fingerprint density at radius 2 is 2.12 bits per heavy atom. The number of carbonyl (C=O) groups is 1. The monoisotopic (exact) mass is 338 g/mol. The van der Waals surface area contributed by atoms with E-state index in [1.807, 2.05) is 26.8 Å². The Hall–Kier alpha value is -1.66. The molecule has 1 fully saturated rings. The van der Waals surface area contributed by atoms with Crippen molar-refractivity contribution in [2.24, 2.45) is 0 Å². The molecule has 0 bridgehead atoms. The molecule has 1 amide bonds. The maximum atomic E-state index is 13.6. The number of carbonyl (C=O) groups excluding carboxylic acids is 1. The minimum absolute atomic E-state index is 0.0186. The molecule has 1 aromatic rings. The second-order valence-corrected chi connectivity index (χ2v) is 7.17. The number of rotatable bonds is 5. The standard InChI is InChI=1S/C18H27FN2O3/c1-18(2,3)24-17(22)20-16-12-21(8-9-23-4)11-15(16)13-6-5-7-14(19)10-13/h5-7,10,15-16H,8-9,11-12H2,1-4H3,(H,20,22)/t15-,16+/m0/s1. The van der Waals surface area contributed by atoms with Gasteiger partial charge >= 0.3 is 6.09 Å². The minimum atomic E-state index is -0.549. The van der Waals surface area contributed by atoms with Crippen LogP contribution in [0.2, 0.25) is 0 Å². The highest BCUT2D eigenvalue weighted by Gasteiger charge is 2.35. The normalized spacial score (nSPS) is 21.7. The average Bonchev–Trinajstić information content (AvgIpc) is 2.85. The lowest BCUT2D eigenvalue weighted by Crippen LogP contribution is -2.42. The first-order chi connectivity index (χ1) is 11.3. The summed E-state index contributed by atoms with van der Waals surface area (Å²) >= 11 is 0. The number of nitrogens with zero attached hydrogens (tertiary/aromatic N) is 1. The lowest BCUT2D eigenvalue weighted by Gasteiger charge is -2.24. The van der Waals surface area contributed by atoms with E-state index >= 15 is 0 Å². The van der Waals surface area contributed by atoms with Crippen LogP contribution in [-0.2, 0) is 9.47 Å². The highest BCUT2D eigenvalue weighted by atomic mass is 19.1. The van der Waals surface area contributed by atoms with Crippen LogP contribution in [0.5, 0.6) is 0 Å². The van der Waals surface area contributed by atoms with Gasteiger partial charge in [-0.2, -0.15) is 0 Å². The van der Waals surface area contributed by atoms with Crippen molar-refractivity contribution in [2.75, 3.05) is 33.4 Å². The number of ether oxygens (including phenoxy) is 2. The average molecular weight is 338 g/mol. The maximum Gasteiger partial charge on any atom is 0.407 e. The van der Waals surface area contributed by atoms with Crippen LogP contribution in [0.3, 0.4) is 0 Å². The molecule has 1 heterocycles. The summed E-state index contributed by atoms with van der Waals surface area (Å²) in [6.45, 7) is 8.31. The molecule has 6 heteroatoms. The minimum Gasteiger partial charge on any atom is -0.444 e. The van der Waals surface area contributed by atoms with Gasteiger partial charge in [-0.15, -0.1) is 0 Å². The fraction of sp³-hybridized carbons (Fsp3) is 0.611. The van der Waals surface area contributed by atoms with Gasteiger partial charge in [0, 0.05) is 32.7 Å². The molecule has 2 atom stereocenters. The smallest absolute Gasteiger partial charge is 0.407 e. The van der Waals surface area contributed by atoms with Crippen LogP contribution in [0.25, 0.3) is 0 Å². The number of amides is 1. The molecule has 24 heavy (non-hydrogen) atoms. The van der Waals surface area contributed by atoms with E-state index in [-0.39, 0.29) is 17.8 Å². The van der Waals surface area contributed by atoms with Crippen molar-refractivity contribution in [1.82, 2.24) is 10.2 Å². The predicted molar refractivity (Wildman–Crippen MR) is 90.6 cm³/mol. The molecule has 1 aromatic carbocycles. The fourth-order valence-electron chi connectivity index (χ4n) is 2.97. The van der Waals surface area contributed by atoms with Crippen LogP contribution in [0.15, 0.2) is 24.3 Å². The molecule has 134 valence electrons. The Morgan fingerprint density at radius 3 is 2.75 bits per heavy atom. The summed E-state index contributed by atoms with van der Waals surface area (Å²) in [6, 6.07) is 6.44. The molecule has 0 radical (unpaired) electrons. The summed E-state index contributed by atoms with van der Waals surface area (Å²) < 4.78 is 24.1. The van der Waals surface area contributed by atoms with Crippen molar-refractivity contribution < 1.29 is 18.7 Å². The van der Waals surface area contributed by atoms with E-state index < -0.39 is 11.7 Å². The van der Waals surface area contributed by atoms with Crippen molar-refractivity contribution in [3.63, 3.8) is 0 Å². The molecular formula is C18H27FN2O3. The number of benzene rings is 1. The lowest BCUT2D eigenvalue weighted by atomic mass is 9.94. The number of hydrogen-bond donors (Lipinski definition) is 1. The molecule has 1 N–H and O–H groups in total. The van der Waals surface area contributed by atoms with Gasteiger partial charge < -0.3 is 14.8 Å². The molecule has 1 aliphatic rings. The van der Waals surface area contributed by atoms with E-state index in [0.29, 0.717) is 13.2 Å². The fourth-order valence-corrected chi connectivity index (χ4v) is 2.97. The van der Waals surface area contributed by atoms with Crippen molar-refractivity contribution in [3.8, 4) is 0 Å². The van der Waals surface area contributed by atoms with Crippen molar-refractivity contribution in [2.45, 2.75) is 38.3 Å². The molecule has 0 aliphatic carbocycles. The Balaban J connectivity index is 2.10. The Kier molecular flexibility index (Phi) is 6.18. The second-order valence-electron chi connectivity index (χ2n) is 7.17. The number of alkyl carbamates (subject to hydrolysis) is 1. The van der Waals surface area contributed by atoms with Gasteiger partial charge in [-0.25, -0.2) is 9.18 Å². The van der Waals surface area contributed by atoms with E-state index in [1.165, 1.54) is 12.1 Å². The van der Waals surface area contributed by atoms with E-state index in [1.54, 1.807) is 13.2 Å². The van der Waals surface area contributed by atoms with E-state index in [0.717, 1.165) is 18.7 Å². The Morgan fingerprint density at radius 1 is 1.38 bits per heavy atom. The predicted octanol–water partition coefficient (Wildman–Crippen LogP) is 2.76. The van der Waals surface area contributed by atoms with E-state index in [2.05, 4.69) is 10.2 Å². The summed E-state index contributed by atoms with van der Waals surface area (Å²) in [5, 5.41) is 2.94. The van der Waals surface area contributed by atoms with Crippen LogP contribution in [0, 0.1) is 5.82 Å². The third-order valence-corrected chi connectivity index (χ3v) is 3.99. The first-order valence-electron chi connectivity index (χ1n) is 8.25. The molecule has 0 aromatic heterocycles. The number of hydrogen-bond acceptors (Lipinski definition) is 4. The van der Waals surface area contributed by atoms with Gasteiger partial charge in [0.05, 0.1) is 12.6 Å². The molecule has 0 saturated carbocycles. The number of nitrogens with one attached hydrogen (secondary N) is 1. The second kappa shape index (κ2) is 7.94. The third kappa shape index (κ3) is 5.46. The van der Waals surface area contributed by atoms with E-state index in [4.69, 9.17) is 9.47 Å². The molecule has 1 aliphatic heterocycles. The third-order valence-electron chi connectivity index (χ3n) is 3.99. The Labute approximate surface area is 143 Å². The zero-order valence-electron chi connectivity index (χ0n) is 14.8. The summed E-state index contributed by atoms with van der Waals surface area (Å²) in [5.41, 5.74) is 0.336. The van der Waals surface area contributed by atoms with Gasteiger partial charge in [0.1, 0.15) is 11.4 Å². The lowest BCUT2D eigenvalue weighted by molar-refractivity contribution is 0.0501. The zero-order valence-corrected chi connectivity index (χ0v) is 14.8. The molecule has 2 rings (SSSR count). The van der Waals surface area contributed by atoms with E-state index in [9.17, 15) is 9.18 Å². The topological polar surface area (TPSA) is 50.8 Å². The van der Waals surface area contributed by atoms with Crippen molar-refractivity contribution in [3.05, 3.63) is 35.6 Å². The van der Waals surface area contributed by atoms with Crippen LogP contribution in [-0.4, -0.2) is 56.0 Å². The van der Waals surface area contributed by atoms with Crippen molar-refractivity contribution >= 4 is 6.09 Å². The molecule has 5 nitrogen and oxygen atoms in total. The highest BCUT2D eigenvalue weighted by Crippen LogP contribution is 2.28. The van der Waals surface area contributed by atoms with Crippen LogP contribution in [0.4, 0.5) is 9.18 Å². The summed E-state index contributed by atoms with van der Waals surface area (Å²) in [7, 11) is 1.66. The quantitative estimate of drug-likeness (QED) is 0.897. The molecule has 0 spiro atoms. The van der Waals surface area contributed by atoms with Gasteiger partial charge in [0.25, 0.3) is 0 Å². The van der Waals surface area contributed by atoms with Crippen LogP contribution in [0.1, 0.15) is 32.3 Å². The number of methoxy groups -OCH3 is 1. The Bertz CT molecular complexity index is 559. The number of halogens is 1. The molecule has 1 saturated heterocycles. The number of likely N-dealkylation sites (tertiary alicyclic amines) is 1. The van der Waals surface area contributed by atoms with Crippen LogP contribution >= 0.6 is 0 Å². The maximum absolute atomic E-state index is 13.6. The van der Waals surface area contributed by atoms with Gasteiger partial charge in [-0.05, 0) is 38.5 Å². The van der Waals surface area contributed by atoms with Crippen molar-refractivity contribution in [1.29, 1.82) is 0 Å². The first-order valence-corrected chi connectivity index (χ1v) is 8.25. The van der Waals surface area contributed by atoms with Gasteiger partial charge in [0.15, 0.2) is 0 Å². The molecular weight excluding hydrogens is 311 g/mol. The summed E-state index contributed by atoms with van der Waals surface area (Å²) in [5.74, 6) is -0.246. The van der Waals surface area contributed by atoms with Gasteiger partial charge in [-0.1, -0.05) is 12.1 Å². The highest BCUT2D eigenvalue weighted by molar-refractivity contribution is 5.68. The summed E-state index contributed by atoms with van der Waals surface area (Å²) in [4.78, 5) is 14.3. The first kappa shape index (κ1) is 18.7. The van der Waals surface area contributed by atoms with Crippen LogP contribution < -0.4 is 5.32 Å². The van der Waals surface area contributed by atoms with Gasteiger partial charge in [0.2, 0.25) is 0 Å². The van der Waals surface area contributed by atoms with Gasteiger partial charge in [-0.3, -0.25) is 4.90 Å².